The molecule has 3 nitrogen and oxygen atoms in total. The fourth-order valence-corrected chi connectivity index (χ4v) is 1.61. The molecule has 0 unspecified atom stereocenters. The number of rotatable bonds is 2. The number of hydrogen-bond acceptors (Lipinski definition) is 2. The van der Waals surface area contributed by atoms with Crippen molar-refractivity contribution in [3.8, 4) is 0 Å². The molecule has 0 radical (unpaired) electrons. The van der Waals surface area contributed by atoms with E-state index in [9.17, 15) is 10.1 Å². The van der Waals surface area contributed by atoms with Crippen molar-refractivity contribution >= 4 is 17.3 Å². The highest BCUT2D eigenvalue weighted by Crippen LogP contribution is 2.26. The average molecular weight is 200 g/mol. The summed E-state index contributed by atoms with van der Waals surface area (Å²) < 4.78 is 0. The first-order valence-electron chi connectivity index (χ1n) is 3.86. The Morgan fingerprint density at radius 3 is 2.54 bits per heavy atom. The number of aryl methyl sites for hydroxylation is 2. The summed E-state index contributed by atoms with van der Waals surface area (Å²) in [5.74, 6) is 0.179. The second-order valence-electron chi connectivity index (χ2n) is 2.98. The molecule has 70 valence electrons. The van der Waals surface area contributed by atoms with Gasteiger partial charge < -0.3 is 0 Å². The van der Waals surface area contributed by atoms with Crippen molar-refractivity contribution in [1.82, 2.24) is 0 Å². The summed E-state index contributed by atoms with van der Waals surface area (Å²) in [4.78, 5) is 10.3. The number of nitrogens with zero attached hydrogens (tertiary/aromatic N) is 1. The summed E-state index contributed by atoms with van der Waals surface area (Å²) in [6.07, 6.45) is 0. The standard InChI is InChI=1S/C9H10ClNO2/c1-6-3-7(2)9(11(12)13)8(4-6)5-10/h3-4H,5H2,1-2H3. The Hall–Kier alpha value is -1.09. The minimum atomic E-state index is -0.382. The Kier molecular flexibility index (Phi) is 2.88. The topological polar surface area (TPSA) is 43.1 Å². The minimum absolute atomic E-state index is 0.139. The van der Waals surface area contributed by atoms with Gasteiger partial charge in [0, 0.05) is 11.1 Å². The van der Waals surface area contributed by atoms with E-state index in [0.29, 0.717) is 11.1 Å². The van der Waals surface area contributed by atoms with Crippen LogP contribution in [0, 0.1) is 24.0 Å². The predicted molar refractivity (Wildman–Crippen MR) is 52.1 cm³/mol. The summed E-state index contributed by atoms with van der Waals surface area (Å²) in [6, 6.07) is 3.53. The molecule has 0 fully saturated rings. The highest BCUT2D eigenvalue weighted by Gasteiger charge is 2.16. The van der Waals surface area contributed by atoms with Gasteiger partial charge in [-0.25, -0.2) is 0 Å². The van der Waals surface area contributed by atoms with Crippen LogP contribution in [0.4, 0.5) is 5.69 Å². The van der Waals surface area contributed by atoms with Gasteiger partial charge in [0.05, 0.1) is 10.8 Å². The third-order valence-corrected chi connectivity index (χ3v) is 2.14. The SMILES string of the molecule is Cc1cc(C)c([N+](=O)[O-])c(CCl)c1. The van der Waals surface area contributed by atoms with Crippen LogP contribution in [-0.4, -0.2) is 4.92 Å². The maximum Gasteiger partial charge on any atom is 0.276 e. The fourth-order valence-electron chi connectivity index (χ4n) is 1.41. The van der Waals surface area contributed by atoms with Crippen LogP contribution in [0.3, 0.4) is 0 Å². The van der Waals surface area contributed by atoms with Crippen LogP contribution >= 0.6 is 11.6 Å². The molecule has 0 saturated carbocycles. The zero-order valence-corrected chi connectivity index (χ0v) is 8.26. The van der Waals surface area contributed by atoms with E-state index >= 15 is 0 Å². The molecule has 0 saturated heterocycles. The van der Waals surface area contributed by atoms with Gasteiger partial charge in [0.15, 0.2) is 0 Å². The van der Waals surface area contributed by atoms with Gasteiger partial charge in [-0.1, -0.05) is 5.56 Å². The van der Waals surface area contributed by atoms with E-state index in [1.54, 1.807) is 19.1 Å². The molecule has 0 bridgehead atoms. The lowest BCUT2D eigenvalue weighted by Gasteiger charge is -2.03. The molecule has 0 heterocycles. The second kappa shape index (κ2) is 3.75. The van der Waals surface area contributed by atoms with Crippen LogP contribution in [0.1, 0.15) is 16.7 Å². The van der Waals surface area contributed by atoms with Crippen molar-refractivity contribution < 1.29 is 4.92 Å². The van der Waals surface area contributed by atoms with Crippen LogP contribution in [0.2, 0.25) is 0 Å². The van der Waals surface area contributed by atoms with Crippen molar-refractivity contribution in [2.24, 2.45) is 0 Å². The summed E-state index contributed by atoms with van der Waals surface area (Å²) in [7, 11) is 0. The monoisotopic (exact) mass is 199 g/mol. The number of benzene rings is 1. The Bertz CT molecular complexity index is 350. The first kappa shape index (κ1) is 9.99. The first-order valence-corrected chi connectivity index (χ1v) is 4.40. The first-order chi connectivity index (χ1) is 6.06. The summed E-state index contributed by atoms with van der Waals surface area (Å²) in [5, 5.41) is 10.7. The predicted octanol–water partition coefficient (Wildman–Crippen LogP) is 2.95. The van der Waals surface area contributed by atoms with Crippen LogP contribution in [0.5, 0.6) is 0 Å². The van der Waals surface area contributed by atoms with E-state index in [2.05, 4.69) is 0 Å². The van der Waals surface area contributed by atoms with Crippen molar-refractivity contribution in [2.75, 3.05) is 0 Å². The van der Waals surface area contributed by atoms with E-state index in [-0.39, 0.29) is 16.5 Å². The summed E-state index contributed by atoms with van der Waals surface area (Å²) >= 11 is 5.62. The summed E-state index contributed by atoms with van der Waals surface area (Å²) in [5.41, 5.74) is 2.39. The van der Waals surface area contributed by atoms with Gasteiger partial charge in [-0.15, -0.1) is 11.6 Å². The molecular formula is C9H10ClNO2. The van der Waals surface area contributed by atoms with Gasteiger partial charge >= 0.3 is 0 Å². The number of halogens is 1. The van der Waals surface area contributed by atoms with Crippen molar-refractivity contribution in [3.63, 3.8) is 0 Å². The zero-order valence-electron chi connectivity index (χ0n) is 7.50. The Labute approximate surface area is 81.5 Å². The molecule has 0 aromatic heterocycles. The van der Waals surface area contributed by atoms with Gasteiger partial charge in [0.2, 0.25) is 0 Å². The van der Waals surface area contributed by atoms with Crippen molar-refractivity contribution in [1.29, 1.82) is 0 Å². The van der Waals surface area contributed by atoms with Crippen LogP contribution in [0.25, 0.3) is 0 Å². The Morgan fingerprint density at radius 2 is 2.08 bits per heavy atom. The van der Waals surface area contributed by atoms with Crippen LogP contribution in [-0.2, 0) is 5.88 Å². The molecule has 13 heavy (non-hydrogen) atoms. The minimum Gasteiger partial charge on any atom is -0.258 e. The molecule has 1 rings (SSSR count). The van der Waals surface area contributed by atoms with Crippen LogP contribution in [0.15, 0.2) is 12.1 Å². The lowest BCUT2D eigenvalue weighted by Crippen LogP contribution is -1.97. The van der Waals surface area contributed by atoms with Crippen molar-refractivity contribution in [2.45, 2.75) is 19.7 Å². The van der Waals surface area contributed by atoms with E-state index < -0.39 is 0 Å². The zero-order chi connectivity index (χ0) is 10.0. The lowest BCUT2D eigenvalue weighted by atomic mass is 10.1. The molecule has 0 atom stereocenters. The normalized spacial score (nSPS) is 10.1. The third kappa shape index (κ3) is 1.98. The van der Waals surface area contributed by atoms with Gasteiger partial charge in [-0.2, -0.15) is 0 Å². The quantitative estimate of drug-likeness (QED) is 0.418. The lowest BCUT2D eigenvalue weighted by molar-refractivity contribution is -0.386. The van der Waals surface area contributed by atoms with Gasteiger partial charge in [0.1, 0.15) is 0 Å². The van der Waals surface area contributed by atoms with E-state index in [1.165, 1.54) is 0 Å². The Balaban J connectivity index is 3.38. The highest BCUT2D eigenvalue weighted by atomic mass is 35.5. The number of nitro benzene ring substituents is 1. The van der Waals surface area contributed by atoms with Gasteiger partial charge in [-0.05, 0) is 26.0 Å². The van der Waals surface area contributed by atoms with Crippen molar-refractivity contribution in [3.05, 3.63) is 38.9 Å². The number of alkyl halides is 1. The molecule has 0 N–H and O–H groups in total. The summed E-state index contributed by atoms with van der Waals surface area (Å²) in [6.45, 7) is 3.62. The maximum atomic E-state index is 10.7. The molecule has 4 heteroatoms. The molecular weight excluding hydrogens is 190 g/mol. The second-order valence-corrected chi connectivity index (χ2v) is 3.25. The van der Waals surface area contributed by atoms with Crippen LogP contribution < -0.4 is 0 Å². The number of nitro groups is 1. The largest absolute Gasteiger partial charge is 0.276 e. The molecule has 0 aliphatic heterocycles. The molecule has 1 aromatic carbocycles. The molecule has 0 aliphatic carbocycles. The average Bonchev–Trinajstić information content (AvgIpc) is 2.01. The molecule has 0 amide bonds. The molecule has 0 spiro atoms. The molecule has 1 aromatic rings. The Morgan fingerprint density at radius 1 is 1.46 bits per heavy atom. The maximum absolute atomic E-state index is 10.7. The van der Waals surface area contributed by atoms with Gasteiger partial charge in [-0.3, -0.25) is 10.1 Å². The highest BCUT2D eigenvalue weighted by molar-refractivity contribution is 6.17. The van der Waals surface area contributed by atoms with E-state index in [0.717, 1.165) is 5.56 Å². The number of hydrogen-bond donors (Lipinski definition) is 0. The van der Waals surface area contributed by atoms with E-state index in [4.69, 9.17) is 11.6 Å². The smallest absolute Gasteiger partial charge is 0.258 e. The molecule has 0 aliphatic rings. The third-order valence-electron chi connectivity index (χ3n) is 1.85. The van der Waals surface area contributed by atoms with E-state index in [1.807, 2.05) is 6.92 Å². The fraction of sp³-hybridized carbons (Fsp3) is 0.333. The van der Waals surface area contributed by atoms with Gasteiger partial charge in [0.25, 0.3) is 5.69 Å².